The van der Waals surface area contributed by atoms with E-state index in [0.717, 1.165) is 5.56 Å². The van der Waals surface area contributed by atoms with Crippen molar-refractivity contribution in [3.05, 3.63) is 60.4 Å². The summed E-state index contributed by atoms with van der Waals surface area (Å²) in [5.41, 5.74) is 1.53. The predicted octanol–water partition coefficient (Wildman–Crippen LogP) is 2.63. The van der Waals surface area contributed by atoms with Gasteiger partial charge in [-0.05, 0) is 36.8 Å². The first kappa shape index (κ1) is 19.4. The van der Waals surface area contributed by atoms with Gasteiger partial charge in [0.15, 0.2) is 18.1 Å². The lowest BCUT2D eigenvalue weighted by atomic mass is 10.0. The molecule has 3 aromatic rings. The molecule has 0 fully saturated rings. The zero-order valence-electron chi connectivity index (χ0n) is 16.4. The first-order chi connectivity index (χ1) is 14.6. The maximum atomic E-state index is 12.2. The topological polar surface area (TPSA) is 107 Å². The standard InChI is InChI=1S/C21H21N5O4/c1-2-29-18-10-14(16-11-19(27)25-21-22-13-23-26(16)21)8-9-17(18)30-12-20(28)24-15-6-4-3-5-7-15/h3-10,13,16H,2,11-12H2,1H3,(H,24,28)(H,22,23,25,27)/t16-/m1/s1. The molecule has 1 aromatic heterocycles. The number of fused-ring (bicyclic) bond motifs is 1. The summed E-state index contributed by atoms with van der Waals surface area (Å²) in [6.07, 6.45) is 1.64. The summed E-state index contributed by atoms with van der Waals surface area (Å²) < 4.78 is 13.1. The van der Waals surface area contributed by atoms with E-state index in [1.54, 1.807) is 22.9 Å². The van der Waals surface area contributed by atoms with Crippen molar-refractivity contribution in [1.29, 1.82) is 0 Å². The van der Waals surface area contributed by atoms with E-state index in [4.69, 9.17) is 9.47 Å². The number of amides is 2. The minimum Gasteiger partial charge on any atom is -0.490 e. The van der Waals surface area contributed by atoms with Gasteiger partial charge in [0.25, 0.3) is 5.91 Å². The summed E-state index contributed by atoms with van der Waals surface area (Å²) in [6.45, 7) is 2.13. The average molecular weight is 407 g/mol. The van der Waals surface area contributed by atoms with Crippen molar-refractivity contribution in [1.82, 2.24) is 14.8 Å². The highest BCUT2D eigenvalue weighted by atomic mass is 16.5. The molecular weight excluding hydrogens is 386 g/mol. The van der Waals surface area contributed by atoms with Gasteiger partial charge in [-0.25, -0.2) is 4.68 Å². The second-order valence-corrected chi connectivity index (χ2v) is 6.64. The van der Waals surface area contributed by atoms with Crippen LogP contribution in [-0.4, -0.2) is 39.8 Å². The van der Waals surface area contributed by atoms with Crippen molar-refractivity contribution in [2.24, 2.45) is 0 Å². The third-order valence-corrected chi connectivity index (χ3v) is 4.57. The number of hydrogen-bond acceptors (Lipinski definition) is 6. The molecule has 1 aliphatic heterocycles. The Kier molecular flexibility index (Phi) is 5.60. The van der Waals surface area contributed by atoms with Gasteiger partial charge >= 0.3 is 0 Å². The molecule has 0 bridgehead atoms. The number of nitrogens with zero attached hydrogens (tertiary/aromatic N) is 3. The Hall–Kier alpha value is -3.88. The maximum Gasteiger partial charge on any atom is 0.262 e. The molecule has 30 heavy (non-hydrogen) atoms. The van der Waals surface area contributed by atoms with Crippen LogP contribution in [0.1, 0.15) is 24.9 Å². The van der Waals surface area contributed by atoms with Crippen LogP contribution in [0.25, 0.3) is 0 Å². The molecule has 9 nitrogen and oxygen atoms in total. The lowest BCUT2D eigenvalue weighted by Crippen LogP contribution is -2.29. The molecule has 1 atom stereocenters. The number of benzene rings is 2. The Bertz CT molecular complexity index is 1050. The van der Waals surface area contributed by atoms with Gasteiger partial charge in [-0.3, -0.25) is 14.9 Å². The zero-order valence-corrected chi connectivity index (χ0v) is 16.4. The Balaban J connectivity index is 1.50. The van der Waals surface area contributed by atoms with Crippen LogP contribution in [0.15, 0.2) is 54.9 Å². The SMILES string of the molecule is CCOc1cc([C@H]2CC(=O)Nc3ncnn32)ccc1OCC(=O)Nc1ccccc1. The smallest absolute Gasteiger partial charge is 0.262 e. The minimum absolute atomic E-state index is 0.128. The Labute approximate surface area is 173 Å². The quantitative estimate of drug-likeness (QED) is 0.623. The third kappa shape index (κ3) is 4.24. The first-order valence-corrected chi connectivity index (χ1v) is 9.58. The number of hydrogen-bond donors (Lipinski definition) is 2. The highest BCUT2D eigenvalue weighted by Crippen LogP contribution is 2.35. The van der Waals surface area contributed by atoms with Crippen LogP contribution in [0.5, 0.6) is 11.5 Å². The van der Waals surface area contributed by atoms with Crippen LogP contribution in [0.4, 0.5) is 11.6 Å². The average Bonchev–Trinajstić information content (AvgIpc) is 3.21. The van der Waals surface area contributed by atoms with Gasteiger partial charge in [0.05, 0.1) is 19.1 Å². The summed E-state index contributed by atoms with van der Waals surface area (Å²) in [5.74, 6) is 0.950. The lowest BCUT2D eigenvalue weighted by molar-refractivity contribution is -0.118. The van der Waals surface area contributed by atoms with E-state index in [9.17, 15) is 9.59 Å². The lowest BCUT2D eigenvalue weighted by Gasteiger charge is -2.24. The Morgan fingerprint density at radius 2 is 2.03 bits per heavy atom. The highest BCUT2D eigenvalue weighted by molar-refractivity contribution is 5.92. The summed E-state index contributed by atoms with van der Waals surface area (Å²) in [4.78, 5) is 28.3. The van der Waals surface area contributed by atoms with Crippen LogP contribution >= 0.6 is 0 Å². The van der Waals surface area contributed by atoms with E-state index in [2.05, 4.69) is 20.7 Å². The normalized spacial score (nSPS) is 15.1. The van der Waals surface area contributed by atoms with Crippen LogP contribution in [0.3, 0.4) is 0 Å². The third-order valence-electron chi connectivity index (χ3n) is 4.57. The van der Waals surface area contributed by atoms with Crippen LogP contribution in [-0.2, 0) is 9.59 Å². The summed E-state index contributed by atoms with van der Waals surface area (Å²) in [5, 5.41) is 9.68. The maximum absolute atomic E-state index is 12.2. The zero-order chi connectivity index (χ0) is 20.9. The van der Waals surface area contributed by atoms with E-state index in [-0.39, 0.29) is 30.9 Å². The minimum atomic E-state index is -0.300. The number of para-hydroxylation sites is 1. The van der Waals surface area contributed by atoms with Crippen molar-refractivity contribution in [2.75, 3.05) is 23.8 Å². The summed E-state index contributed by atoms with van der Waals surface area (Å²) in [7, 11) is 0. The van der Waals surface area contributed by atoms with E-state index >= 15 is 0 Å². The number of anilines is 2. The Morgan fingerprint density at radius 1 is 1.20 bits per heavy atom. The molecule has 0 aliphatic carbocycles. The fourth-order valence-corrected chi connectivity index (χ4v) is 3.25. The van der Waals surface area contributed by atoms with Crippen LogP contribution in [0, 0.1) is 0 Å². The highest BCUT2D eigenvalue weighted by Gasteiger charge is 2.28. The molecule has 9 heteroatoms. The molecule has 0 saturated carbocycles. The molecular formula is C21H21N5O4. The molecule has 0 radical (unpaired) electrons. The van der Waals surface area contributed by atoms with E-state index in [1.807, 2.05) is 37.3 Å². The largest absolute Gasteiger partial charge is 0.490 e. The van der Waals surface area contributed by atoms with Gasteiger partial charge in [-0.1, -0.05) is 24.3 Å². The molecule has 2 heterocycles. The fraction of sp³-hybridized carbons (Fsp3) is 0.238. The van der Waals surface area contributed by atoms with Gasteiger partial charge in [0.1, 0.15) is 6.33 Å². The Morgan fingerprint density at radius 3 is 2.83 bits per heavy atom. The number of aromatic nitrogens is 3. The van der Waals surface area contributed by atoms with Crippen molar-refractivity contribution in [3.8, 4) is 11.5 Å². The van der Waals surface area contributed by atoms with Gasteiger partial charge in [-0.15, -0.1) is 0 Å². The number of ether oxygens (including phenoxy) is 2. The summed E-state index contributed by atoms with van der Waals surface area (Å²) >= 11 is 0. The van der Waals surface area contributed by atoms with E-state index < -0.39 is 0 Å². The van der Waals surface area contributed by atoms with Crippen molar-refractivity contribution < 1.29 is 19.1 Å². The monoisotopic (exact) mass is 407 g/mol. The number of nitrogens with one attached hydrogen (secondary N) is 2. The molecule has 1 aliphatic rings. The molecule has 4 rings (SSSR count). The number of carbonyl (C=O) groups is 2. The van der Waals surface area contributed by atoms with Gasteiger partial charge in [-0.2, -0.15) is 10.1 Å². The van der Waals surface area contributed by atoms with Crippen LogP contribution in [0.2, 0.25) is 0 Å². The van der Waals surface area contributed by atoms with Crippen molar-refractivity contribution >= 4 is 23.5 Å². The van der Waals surface area contributed by atoms with E-state index in [0.29, 0.717) is 29.7 Å². The van der Waals surface area contributed by atoms with Gasteiger partial charge < -0.3 is 14.8 Å². The second-order valence-electron chi connectivity index (χ2n) is 6.64. The number of rotatable bonds is 7. The van der Waals surface area contributed by atoms with Gasteiger partial charge in [0.2, 0.25) is 11.9 Å². The van der Waals surface area contributed by atoms with Gasteiger partial charge in [0, 0.05) is 5.69 Å². The second kappa shape index (κ2) is 8.64. The molecule has 2 amide bonds. The summed E-state index contributed by atoms with van der Waals surface area (Å²) in [6, 6.07) is 14.2. The molecule has 2 aromatic carbocycles. The van der Waals surface area contributed by atoms with Crippen molar-refractivity contribution in [3.63, 3.8) is 0 Å². The molecule has 0 saturated heterocycles. The predicted molar refractivity (Wildman–Crippen MR) is 110 cm³/mol. The van der Waals surface area contributed by atoms with Crippen molar-refractivity contribution in [2.45, 2.75) is 19.4 Å². The first-order valence-electron chi connectivity index (χ1n) is 9.58. The molecule has 0 spiro atoms. The number of carbonyl (C=O) groups excluding carboxylic acids is 2. The molecule has 154 valence electrons. The van der Waals surface area contributed by atoms with Crippen LogP contribution < -0.4 is 20.1 Å². The molecule has 2 N–H and O–H groups in total. The van der Waals surface area contributed by atoms with E-state index in [1.165, 1.54) is 6.33 Å². The fourth-order valence-electron chi connectivity index (χ4n) is 3.25. The molecule has 0 unspecified atom stereocenters.